The molecule has 0 spiro atoms. The number of hydrogen-bond donors (Lipinski definition) is 3. The molecule has 8 heteroatoms. The van der Waals surface area contributed by atoms with Crippen LogP contribution in [-0.2, 0) is 14.8 Å². The van der Waals surface area contributed by atoms with E-state index in [0.29, 0.717) is 12.2 Å². The zero-order valence-corrected chi connectivity index (χ0v) is 12.6. The summed E-state index contributed by atoms with van der Waals surface area (Å²) >= 11 is 0. The molecule has 0 saturated carbocycles. The van der Waals surface area contributed by atoms with Gasteiger partial charge in [0.05, 0.1) is 5.69 Å². The molecule has 0 atom stereocenters. The summed E-state index contributed by atoms with van der Waals surface area (Å²) in [6.45, 7) is 5.60. The number of nitrogens with zero attached hydrogens (tertiary/aromatic N) is 1. The minimum Gasteiger partial charge on any atom is -0.383 e. The molecule has 1 aromatic heterocycles. The molecule has 7 nitrogen and oxygen atoms in total. The Morgan fingerprint density at radius 2 is 2.10 bits per heavy atom. The molecular formula is C12H20N4O3S. The van der Waals surface area contributed by atoms with Gasteiger partial charge in [-0.2, -0.15) is 0 Å². The summed E-state index contributed by atoms with van der Waals surface area (Å²) in [5.74, 6) is -0.578. The molecule has 0 unspecified atom stereocenters. The fraction of sp³-hybridized carbons (Fsp3) is 0.500. The average molecular weight is 300 g/mol. The van der Waals surface area contributed by atoms with Crippen LogP contribution in [0.3, 0.4) is 0 Å². The Hall–Kier alpha value is -1.67. The third-order valence-corrected chi connectivity index (χ3v) is 4.08. The number of nitrogens with two attached hydrogens (primary N) is 1. The van der Waals surface area contributed by atoms with E-state index in [1.54, 1.807) is 26.0 Å². The van der Waals surface area contributed by atoms with E-state index >= 15 is 0 Å². The van der Waals surface area contributed by atoms with Crippen LogP contribution < -0.4 is 15.8 Å². The second-order valence-corrected chi connectivity index (χ2v) is 6.62. The number of anilines is 1. The normalized spacial score (nSPS) is 12.2. The molecule has 4 N–H and O–H groups in total. The number of pyridine rings is 1. The van der Waals surface area contributed by atoms with Crippen LogP contribution in [-0.4, -0.2) is 31.4 Å². The van der Waals surface area contributed by atoms with Crippen LogP contribution in [0, 0.1) is 0 Å². The Bertz CT molecular complexity index is 584. The highest BCUT2D eigenvalue weighted by Gasteiger charge is 2.30. The molecule has 0 aliphatic carbocycles. The molecule has 0 saturated heterocycles. The van der Waals surface area contributed by atoms with E-state index < -0.39 is 21.5 Å². The Labute approximate surface area is 119 Å². The third kappa shape index (κ3) is 4.46. The van der Waals surface area contributed by atoms with Gasteiger partial charge in [0.1, 0.15) is 0 Å². The van der Waals surface area contributed by atoms with Crippen LogP contribution in [0.4, 0.5) is 5.69 Å². The van der Waals surface area contributed by atoms with Crippen LogP contribution in [0.25, 0.3) is 0 Å². The minimum atomic E-state index is -3.85. The maximum Gasteiger partial charge on any atom is 0.260 e. The summed E-state index contributed by atoms with van der Waals surface area (Å²) < 4.78 is 27.2. The lowest BCUT2D eigenvalue weighted by Gasteiger charge is -2.24. The minimum absolute atomic E-state index is 0.0978. The van der Waals surface area contributed by atoms with E-state index in [4.69, 9.17) is 5.73 Å². The summed E-state index contributed by atoms with van der Waals surface area (Å²) in [7, 11) is -3.85. The predicted octanol–water partition coefficient (Wildman–Crippen LogP) is 0.446. The van der Waals surface area contributed by atoms with Crippen LogP contribution in [0.15, 0.2) is 23.4 Å². The highest BCUT2D eigenvalue weighted by molar-refractivity contribution is 7.89. The highest BCUT2D eigenvalue weighted by Crippen LogP contribution is 2.20. The third-order valence-electron chi connectivity index (χ3n) is 2.42. The average Bonchev–Trinajstić information content (AvgIpc) is 2.26. The number of carbonyl (C=O) groups excluding carboxylic acids is 1. The van der Waals surface area contributed by atoms with Crippen molar-refractivity contribution in [3.63, 3.8) is 0 Å². The van der Waals surface area contributed by atoms with Gasteiger partial charge in [-0.3, -0.25) is 4.79 Å². The fourth-order valence-electron chi connectivity index (χ4n) is 1.81. The molecule has 1 rings (SSSR count). The first-order valence-electron chi connectivity index (χ1n) is 6.19. The zero-order chi connectivity index (χ0) is 15.4. The second kappa shape index (κ2) is 6.19. The lowest BCUT2D eigenvalue weighted by Crippen LogP contribution is -2.46. The Morgan fingerprint density at radius 3 is 2.65 bits per heavy atom. The van der Waals surface area contributed by atoms with Crippen LogP contribution in [0.1, 0.15) is 27.2 Å². The number of rotatable bonds is 7. The van der Waals surface area contributed by atoms with Crippen molar-refractivity contribution in [1.29, 1.82) is 0 Å². The summed E-state index contributed by atoms with van der Waals surface area (Å²) in [5.41, 5.74) is 4.55. The smallest absolute Gasteiger partial charge is 0.260 e. The number of amides is 1. The molecule has 0 fully saturated rings. The quantitative estimate of drug-likeness (QED) is 0.676. The number of carbonyl (C=O) groups is 1. The van der Waals surface area contributed by atoms with Gasteiger partial charge in [-0.1, -0.05) is 0 Å². The Morgan fingerprint density at radius 1 is 1.45 bits per heavy atom. The lowest BCUT2D eigenvalue weighted by molar-refractivity contribution is -0.119. The molecule has 0 bridgehead atoms. The molecule has 1 aromatic rings. The first-order valence-corrected chi connectivity index (χ1v) is 7.67. The highest BCUT2D eigenvalue weighted by atomic mass is 32.2. The van der Waals surface area contributed by atoms with Gasteiger partial charge in [-0.15, -0.1) is 0 Å². The summed E-state index contributed by atoms with van der Waals surface area (Å²) in [6, 6.07) is 3.28. The Kier molecular flexibility index (Phi) is 5.07. The van der Waals surface area contributed by atoms with Crippen molar-refractivity contribution >= 4 is 21.6 Å². The summed E-state index contributed by atoms with van der Waals surface area (Å²) in [6.07, 6.45) is 1.30. The molecule has 1 amide bonds. The number of aromatic nitrogens is 1. The number of primary amides is 1. The van der Waals surface area contributed by atoms with Gasteiger partial charge in [-0.05, 0) is 32.9 Å². The van der Waals surface area contributed by atoms with Crippen molar-refractivity contribution in [1.82, 2.24) is 9.71 Å². The van der Waals surface area contributed by atoms with E-state index in [2.05, 4.69) is 15.0 Å². The van der Waals surface area contributed by atoms with Gasteiger partial charge < -0.3 is 11.1 Å². The van der Waals surface area contributed by atoms with Gasteiger partial charge in [0.2, 0.25) is 5.91 Å². The predicted molar refractivity (Wildman–Crippen MR) is 76.6 cm³/mol. The van der Waals surface area contributed by atoms with Crippen molar-refractivity contribution in [2.45, 2.75) is 37.8 Å². The van der Waals surface area contributed by atoms with E-state index in [1.807, 2.05) is 6.92 Å². The summed E-state index contributed by atoms with van der Waals surface area (Å²) in [4.78, 5) is 14.9. The van der Waals surface area contributed by atoms with Crippen LogP contribution >= 0.6 is 0 Å². The molecule has 0 aliphatic heterocycles. The van der Waals surface area contributed by atoms with Crippen molar-refractivity contribution < 1.29 is 13.2 Å². The number of nitrogens with one attached hydrogen (secondary N) is 2. The van der Waals surface area contributed by atoms with Crippen molar-refractivity contribution in [2.24, 2.45) is 5.73 Å². The topological polar surface area (TPSA) is 114 Å². The number of sulfonamides is 1. The number of hydrogen-bond acceptors (Lipinski definition) is 5. The first kappa shape index (κ1) is 16.4. The van der Waals surface area contributed by atoms with Gasteiger partial charge in [0.15, 0.2) is 5.03 Å². The van der Waals surface area contributed by atoms with E-state index in [9.17, 15) is 13.2 Å². The van der Waals surface area contributed by atoms with Crippen LogP contribution in [0.2, 0.25) is 0 Å². The van der Waals surface area contributed by atoms with Gasteiger partial charge in [-0.25, -0.2) is 18.1 Å². The van der Waals surface area contributed by atoms with Gasteiger partial charge >= 0.3 is 0 Å². The zero-order valence-electron chi connectivity index (χ0n) is 11.8. The maximum atomic E-state index is 12.4. The van der Waals surface area contributed by atoms with E-state index in [-0.39, 0.29) is 11.4 Å². The molecule has 0 aromatic carbocycles. The second-order valence-electron chi connectivity index (χ2n) is 5.02. The lowest BCUT2D eigenvalue weighted by atomic mass is 10.0. The Balaban J connectivity index is 3.08. The maximum absolute atomic E-state index is 12.4. The van der Waals surface area contributed by atoms with E-state index in [0.717, 1.165) is 0 Å². The molecule has 1 heterocycles. The molecule has 20 heavy (non-hydrogen) atoms. The van der Waals surface area contributed by atoms with Crippen molar-refractivity contribution in [3.8, 4) is 0 Å². The van der Waals surface area contributed by atoms with Crippen LogP contribution in [0.5, 0.6) is 0 Å². The summed E-state index contributed by atoms with van der Waals surface area (Å²) in [5, 5.41) is 2.84. The SMILES string of the molecule is CCNc1cccnc1S(=O)(=O)NC(C)(C)CC(N)=O. The molecule has 112 valence electrons. The molecular weight excluding hydrogens is 280 g/mol. The van der Waals surface area contributed by atoms with Gasteiger partial charge in [0.25, 0.3) is 10.0 Å². The van der Waals surface area contributed by atoms with Crippen molar-refractivity contribution in [2.75, 3.05) is 11.9 Å². The largest absolute Gasteiger partial charge is 0.383 e. The van der Waals surface area contributed by atoms with E-state index in [1.165, 1.54) is 6.20 Å². The first-order chi connectivity index (χ1) is 9.18. The molecule has 0 radical (unpaired) electrons. The standard InChI is InChI=1S/C12H20N4O3S/c1-4-14-9-6-5-7-15-11(9)20(18,19)16-12(2,3)8-10(13)17/h5-7,14,16H,4,8H2,1-3H3,(H2,13,17). The monoisotopic (exact) mass is 300 g/mol. The van der Waals surface area contributed by atoms with Crippen molar-refractivity contribution in [3.05, 3.63) is 18.3 Å². The fourth-order valence-corrected chi connectivity index (χ4v) is 3.34. The van der Waals surface area contributed by atoms with Gasteiger partial charge in [0, 0.05) is 24.7 Å². The molecule has 0 aliphatic rings.